The van der Waals surface area contributed by atoms with Crippen LogP contribution >= 0.6 is 15.9 Å². The van der Waals surface area contributed by atoms with Gasteiger partial charge in [-0.25, -0.2) is 0 Å². The third-order valence-electron chi connectivity index (χ3n) is 3.16. The molecular formula is C17H17BrN2O3. The molecule has 0 aromatic heterocycles. The van der Waals surface area contributed by atoms with E-state index in [1.54, 1.807) is 25.3 Å². The molecule has 0 unspecified atom stereocenters. The minimum atomic E-state index is -0.692. The van der Waals surface area contributed by atoms with E-state index in [4.69, 9.17) is 4.74 Å². The zero-order valence-corrected chi connectivity index (χ0v) is 14.2. The van der Waals surface area contributed by atoms with Gasteiger partial charge in [0.2, 0.25) is 0 Å². The van der Waals surface area contributed by atoms with Gasteiger partial charge in [0.15, 0.2) is 0 Å². The van der Waals surface area contributed by atoms with Crippen LogP contribution in [0.5, 0.6) is 5.75 Å². The minimum absolute atomic E-state index is 0.370. The van der Waals surface area contributed by atoms with Crippen LogP contribution in [0.3, 0.4) is 0 Å². The van der Waals surface area contributed by atoms with E-state index >= 15 is 0 Å². The molecule has 0 fully saturated rings. The number of para-hydroxylation sites is 1. The number of benzene rings is 2. The summed E-state index contributed by atoms with van der Waals surface area (Å²) < 4.78 is 5.86. The molecule has 6 heteroatoms. The molecule has 0 radical (unpaired) electrons. The number of hydrogen-bond donors (Lipinski definition) is 2. The topological polar surface area (TPSA) is 67.4 Å². The zero-order chi connectivity index (χ0) is 16.7. The highest BCUT2D eigenvalue weighted by Gasteiger charge is 2.14. The summed E-state index contributed by atoms with van der Waals surface area (Å²) in [4.78, 5) is 23.7. The normalized spacial score (nSPS) is 10.0. The number of halogens is 1. The monoisotopic (exact) mass is 376 g/mol. The molecule has 120 valence electrons. The van der Waals surface area contributed by atoms with Crippen LogP contribution in [-0.4, -0.2) is 25.5 Å². The number of carbonyl (C=O) groups excluding carboxylic acids is 2. The number of hydrogen-bond acceptors (Lipinski definition) is 3. The van der Waals surface area contributed by atoms with Gasteiger partial charge in [-0.1, -0.05) is 24.3 Å². The van der Waals surface area contributed by atoms with E-state index in [1.165, 1.54) is 0 Å². The molecule has 0 aliphatic carbocycles. The average molecular weight is 377 g/mol. The van der Waals surface area contributed by atoms with Gasteiger partial charge in [-0.2, -0.15) is 0 Å². The molecule has 0 heterocycles. The number of ether oxygens (including phenoxy) is 1. The summed E-state index contributed by atoms with van der Waals surface area (Å²) in [5.74, 6) is -0.591. The van der Waals surface area contributed by atoms with Gasteiger partial charge in [0.25, 0.3) is 0 Å². The Labute approximate surface area is 143 Å². The van der Waals surface area contributed by atoms with Crippen molar-refractivity contribution in [3.05, 3.63) is 58.6 Å². The van der Waals surface area contributed by atoms with Crippen LogP contribution in [0, 0.1) is 0 Å². The van der Waals surface area contributed by atoms with Crippen LogP contribution in [0.1, 0.15) is 5.56 Å². The summed E-state index contributed by atoms with van der Waals surface area (Å²) in [6.07, 6.45) is 0.616. The average Bonchev–Trinajstić information content (AvgIpc) is 2.57. The van der Waals surface area contributed by atoms with Gasteiger partial charge < -0.3 is 15.4 Å². The van der Waals surface area contributed by atoms with Crippen molar-refractivity contribution >= 4 is 33.4 Å². The largest absolute Gasteiger partial charge is 0.497 e. The lowest BCUT2D eigenvalue weighted by Crippen LogP contribution is -2.36. The fourth-order valence-corrected chi connectivity index (χ4v) is 2.35. The van der Waals surface area contributed by atoms with Crippen LogP contribution in [0.25, 0.3) is 0 Å². The third kappa shape index (κ3) is 5.10. The van der Waals surface area contributed by atoms with E-state index in [1.807, 2.05) is 30.3 Å². The second-order valence-electron chi connectivity index (χ2n) is 4.79. The van der Waals surface area contributed by atoms with Crippen molar-refractivity contribution in [2.24, 2.45) is 0 Å². The maximum Gasteiger partial charge on any atom is 0.313 e. The standard InChI is InChI=1S/C17H17BrN2O3/c1-23-13-6-4-5-12(11-13)9-10-19-16(21)17(22)20-15-8-3-2-7-14(15)18/h2-8,11H,9-10H2,1H3,(H,19,21)(H,20,22). The molecule has 0 saturated carbocycles. The summed E-state index contributed by atoms with van der Waals surface area (Å²) in [7, 11) is 1.60. The highest BCUT2D eigenvalue weighted by atomic mass is 79.9. The van der Waals surface area contributed by atoms with Gasteiger partial charge in [-0.3, -0.25) is 9.59 Å². The Hall–Kier alpha value is -2.34. The van der Waals surface area contributed by atoms with Crippen LogP contribution in [0.4, 0.5) is 5.69 Å². The van der Waals surface area contributed by atoms with E-state index in [0.29, 0.717) is 18.7 Å². The lowest BCUT2D eigenvalue weighted by Gasteiger charge is -2.08. The number of amides is 2. The Morgan fingerprint density at radius 2 is 1.87 bits per heavy atom. The molecule has 0 aliphatic heterocycles. The van der Waals surface area contributed by atoms with Crippen molar-refractivity contribution in [1.29, 1.82) is 0 Å². The van der Waals surface area contributed by atoms with Crippen LogP contribution < -0.4 is 15.4 Å². The highest BCUT2D eigenvalue weighted by molar-refractivity contribution is 9.10. The van der Waals surface area contributed by atoms with Gasteiger partial charge in [0.1, 0.15) is 5.75 Å². The lowest BCUT2D eigenvalue weighted by atomic mass is 10.1. The molecule has 0 saturated heterocycles. The summed E-state index contributed by atoms with van der Waals surface area (Å²) >= 11 is 3.31. The Bertz CT molecular complexity index is 704. The molecule has 2 N–H and O–H groups in total. The molecular weight excluding hydrogens is 360 g/mol. The van der Waals surface area contributed by atoms with Crippen molar-refractivity contribution in [2.75, 3.05) is 19.0 Å². The molecule has 0 spiro atoms. The predicted molar refractivity (Wildman–Crippen MR) is 92.5 cm³/mol. The first-order chi connectivity index (χ1) is 11.1. The first-order valence-electron chi connectivity index (χ1n) is 7.07. The van der Waals surface area contributed by atoms with Crippen molar-refractivity contribution in [3.63, 3.8) is 0 Å². The van der Waals surface area contributed by atoms with E-state index in [0.717, 1.165) is 15.8 Å². The number of nitrogens with one attached hydrogen (secondary N) is 2. The molecule has 23 heavy (non-hydrogen) atoms. The van der Waals surface area contributed by atoms with Gasteiger partial charge in [0, 0.05) is 11.0 Å². The van der Waals surface area contributed by atoms with Gasteiger partial charge >= 0.3 is 11.8 Å². The molecule has 5 nitrogen and oxygen atoms in total. The second-order valence-corrected chi connectivity index (χ2v) is 5.65. The van der Waals surface area contributed by atoms with Crippen molar-refractivity contribution < 1.29 is 14.3 Å². The smallest absolute Gasteiger partial charge is 0.313 e. The van der Waals surface area contributed by atoms with Crippen LogP contribution in [-0.2, 0) is 16.0 Å². The lowest BCUT2D eigenvalue weighted by molar-refractivity contribution is -0.136. The Morgan fingerprint density at radius 1 is 1.09 bits per heavy atom. The number of carbonyl (C=O) groups is 2. The Balaban J connectivity index is 1.82. The maximum absolute atomic E-state index is 11.8. The molecule has 2 amide bonds. The predicted octanol–water partition coefficient (Wildman–Crippen LogP) is 2.76. The molecule has 2 aromatic carbocycles. The van der Waals surface area contributed by atoms with Crippen molar-refractivity contribution in [3.8, 4) is 5.75 Å². The van der Waals surface area contributed by atoms with Gasteiger partial charge in [0.05, 0.1) is 12.8 Å². The van der Waals surface area contributed by atoms with Gasteiger partial charge in [-0.15, -0.1) is 0 Å². The number of rotatable bonds is 5. The van der Waals surface area contributed by atoms with E-state index < -0.39 is 11.8 Å². The minimum Gasteiger partial charge on any atom is -0.497 e. The summed E-state index contributed by atoms with van der Waals surface area (Å²) in [5, 5.41) is 5.16. The third-order valence-corrected chi connectivity index (χ3v) is 3.85. The molecule has 0 bridgehead atoms. The van der Waals surface area contributed by atoms with Crippen molar-refractivity contribution in [2.45, 2.75) is 6.42 Å². The quantitative estimate of drug-likeness (QED) is 0.788. The zero-order valence-electron chi connectivity index (χ0n) is 12.6. The highest BCUT2D eigenvalue weighted by Crippen LogP contribution is 2.20. The SMILES string of the molecule is COc1cccc(CCNC(=O)C(=O)Nc2ccccc2Br)c1. The molecule has 2 rings (SSSR count). The molecule has 0 atom stereocenters. The number of methoxy groups -OCH3 is 1. The Morgan fingerprint density at radius 3 is 2.61 bits per heavy atom. The Kier molecular flexibility index (Phi) is 6.17. The summed E-state index contributed by atoms with van der Waals surface area (Å²) in [6, 6.07) is 14.7. The summed E-state index contributed by atoms with van der Waals surface area (Å²) in [6.45, 7) is 0.370. The van der Waals surface area contributed by atoms with Gasteiger partial charge in [-0.05, 0) is 52.2 Å². The first-order valence-corrected chi connectivity index (χ1v) is 7.86. The maximum atomic E-state index is 11.8. The van der Waals surface area contributed by atoms with Crippen molar-refractivity contribution in [1.82, 2.24) is 5.32 Å². The van der Waals surface area contributed by atoms with E-state index in [2.05, 4.69) is 26.6 Å². The van der Waals surface area contributed by atoms with E-state index in [9.17, 15) is 9.59 Å². The van der Waals surface area contributed by atoms with Crippen LogP contribution in [0.2, 0.25) is 0 Å². The number of anilines is 1. The van der Waals surface area contributed by atoms with Crippen LogP contribution in [0.15, 0.2) is 53.0 Å². The molecule has 0 aliphatic rings. The first kappa shape index (κ1) is 17.0. The summed E-state index contributed by atoms with van der Waals surface area (Å²) in [5.41, 5.74) is 1.58. The molecule has 2 aromatic rings. The van der Waals surface area contributed by atoms with E-state index in [-0.39, 0.29) is 0 Å². The second kappa shape index (κ2) is 8.33. The fraction of sp³-hybridized carbons (Fsp3) is 0.176. The fourth-order valence-electron chi connectivity index (χ4n) is 1.97.